The van der Waals surface area contributed by atoms with Crippen molar-refractivity contribution >= 4 is 22.2 Å². The molecule has 0 spiro atoms. The number of hydrogen-bond donors (Lipinski definition) is 0. The number of fused-ring (bicyclic) bond motifs is 1. The van der Waals surface area contributed by atoms with Crippen LogP contribution >= 0.6 is 11.3 Å². The number of rotatable bonds is 1. The van der Waals surface area contributed by atoms with E-state index in [1.807, 2.05) is 6.07 Å². The van der Waals surface area contributed by atoms with Crippen LogP contribution in [0.5, 0.6) is 0 Å². The Kier molecular flexibility index (Phi) is 3.49. The fourth-order valence-corrected chi connectivity index (χ4v) is 3.40. The fraction of sp³-hybridized carbons (Fsp3) is 0.0476. The third-order valence-electron chi connectivity index (χ3n) is 3.94. The van der Waals surface area contributed by atoms with Gasteiger partial charge in [-0.2, -0.15) is 11.3 Å². The zero-order valence-corrected chi connectivity index (χ0v) is 13.6. The minimum atomic E-state index is 1.04. The first-order valence-electron chi connectivity index (χ1n) is 7.53. The van der Waals surface area contributed by atoms with Crippen molar-refractivity contribution in [3.8, 4) is 17.5 Å². The molecule has 0 saturated heterocycles. The Balaban J connectivity index is 1.89. The van der Waals surface area contributed by atoms with Crippen molar-refractivity contribution in [1.29, 1.82) is 0 Å². The number of hydrogen-bond acceptors (Lipinski definition) is 1. The predicted octanol–water partition coefficient (Wildman–Crippen LogP) is 5.40. The molecule has 110 valence electrons. The summed E-state index contributed by atoms with van der Waals surface area (Å²) in [6.07, 6.45) is 2.19. The maximum atomic E-state index is 3.32. The van der Waals surface area contributed by atoms with E-state index in [-0.39, 0.29) is 0 Å². The highest BCUT2D eigenvalue weighted by Crippen LogP contribution is 2.25. The normalized spacial score (nSPS) is 10.5. The van der Waals surface area contributed by atoms with Crippen LogP contribution < -0.4 is 0 Å². The molecular weight excluding hydrogens is 298 g/mol. The van der Waals surface area contributed by atoms with Crippen LogP contribution in [0.2, 0.25) is 0 Å². The molecule has 0 unspecified atom stereocenters. The van der Waals surface area contributed by atoms with Crippen LogP contribution in [0.15, 0.2) is 71.6 Å². The molecule has 2 aromatic heterocycles. The lowest BCUT2D eigenvalue weighted by Gasteiger charge is -2.08. The number of aryl methyl sites for hydroxylation is 1. The third kappa shape index (κ3) is 2.56. The molecule has 2 aromatic carbocycles. The molecule has 0 amide bonds. The van der Waals surface area contributed by atoms with E-state index in [1.54, 1.807) is 11.3 Å². The standard InChI is InChI=1S/C21H15NS/c1-16-14-22(21-9-5-3-7-19(16)21)20-8-4-2-6-18(20)11-10-17-12-13-23-15-17/h2-9,12-15H,1H3. The van der Waals surface area contributed by atoms with Gasteiger partial charge in [0.25, 0.3) is 0 Å². The first kappa shape index (κ1) is 13.9. The molecule has 0 atom stereocenters. The quantitative estimate of drug-likeness (QED) is 0.415. The highest BCUT2D eigenvalue weighted by atomic mass is 32.1. The highest BCUT2D eigenvalue weighted by Gasteiger charge is 2.08. The minimum Gasteiger partial charge on any atom is -0.315 e. The van der Waals surface area contributed by atoms with Crippen LogP contribution in [0.4, 0.5) is 0 Å². The van der Waals surface area contributed by atoms with Gasteiger partial charge in [-0.15, -0.1) is 0 Å². The van der Waals surface area contributed by atoms with E-state index in [9.17, 15) is 0 Å². The second-order valence-corrected chi connectivity index (χ2v) is 6.26. The Hall–Kier alpha value is -2.76. The van der Waals surface area contributed by atoms with Gasteiger partial charge in [-0.25, -0.2) is 0 Å². The Morgan fingerprint density at radius 2 is 1.74 bits per heavy atom. The molecule has 0 aliphatic heterocycles. The van der Waals surface area contributed by atoms with Gasteiger partial charge in [0.15, 0.2) is 0 Å². The van der Waals surface area contributed by atoms with Gasteiger partial charge in [0.2, 0.25) is 0 Å². The van der Waals surface area contributed by atoms with E-state index in [2.05, 4.69) is 88.8 Å². The molecule has 23 heavy (non-hydrogen) atoms. The number of aromatic nitrogens is 1. The van der Waals surface area contributed by atoms with Crippen molar-refractivity contribution in [2.75, 3.05) is 0 Å². The number of benzene rings is 2. The Morgan fingerprint density at radius 3 is 2.61 bits per heavy atom. The molecule has 0 aliphatic rings. The largest absolute Gasteiger partial charge is 0.315 e. The smallest absolute Gasteiger partial charge is 0.0612 e. The monoisotopic (exact) mass is 313 g/mol. The topological polar surface area (TPSA) is 4.93 Å². The maximum Gasteiger partial charge on any atom is 0.0612 e. The van der Waals surface area contributed by atoms with E-state index in [1.165, 1.54) is 16.5 Å². The van der Waals surface area contributed by atoms with Crippen LogP contribution in [-0.2, 0) is 0 Å². The van der Waals surface area contributed by atoms with Crippen molar-refractivity contribution in [2.24, 2.45) is 0 Å². The van der Waals surface area contributed by atoms with Crippen LogP contribution in [0.25, 0.3) is 16.6 Å². The SMILES string of the molecule is Cc1cn(-c2ccccc2C#Cc2ccsc2)c2ccccc12. The van der Waals surface area contributed by atoms with Gasteiger partial charge in [0.05, 0.1) is 11.2 Å². The lowest BCUT2D eigenvalue weighted by Crippen LogP contribution is -1.95. The molecular formula is C21H15NS. The third-order valence-corrected chi connectivity index (χ3v) is 4.62. The molecule has 2 heteroatoms. The molecule has 0 saturated carbocycles. The van der Waals surface area contributed by atoms with Gasteiger partial charge >= 0.3 is 0 Å². The lowest BCUT2D eigenvalue weighted by molar-refractivity contribution is 1.11. The summed E-state index contributed by atoms with van der Waals surface area (Å²) >= 11 is 1.67. The summed E-state index contributed by atoms with van der Waals surface area (Å²) in [4.78, 5) is 0. The van der Waals surface area contributed by atoms with Gasteiger partial charge in [0.1, 0.15) is 0 Å². The molecule has 0 fully saturated rings. The molecule has 0 bridgehead atoms. The lowest BCUT2D eigenvalue weighted by atomic mass is 10.1. The zero-order valence-electron chi connectivity index (χ0n) is 12.8. The minimum absolute atomic E-state index is 1.04. The summed E-state index contributed by atoms with van der Waals surface area (Å²) in [5, 5.41) is 5.41. The number of para-hydroxylation sites is 2. The second kappa shape index (κ2) is 5.79. The van der Waals surface area contributed by atoms with Crippen LogP contribution in [0.3, 0.4) is 0 Å². The molecule has 4 rings (SSSR count). The van der Waals surface area contributed by atoms with Crippen LogP contribution in [0.1, 0.15) is 16.7 Å². The molecule has 0 N–H and O–H groups in total. The van der Waals surface area contributed by atoms with Crippen LogP contribution in [0, 0.1) is 18.8 Å². The second-order valence-electron chi connectivity index (χ2n) is 5.48. The van der Waals surface area contributed by atoms with Gasteiger partial charge in [-0.3, -0.25) is 0 Å². The predicted molar refractivity (Wildman–Crippen MR) is 98.3 cm³/mol. The van der Waals surface area contributed by atoms with Gasteiger partial charge in [0, 0.05) is 28.1 Å². The van der Waals surface area contributed by atoms with Gasteiger partial charge in [-0.05, 0) is 42.1 Å². The first-order valence-corrected chi connectivity index (χ1v) is 8.47. The molecule has 4 aromatic rings. The summed E-state index contributed by atoms with van der Waals surface area (Å²) in [5.74, 6) is 6.58. The molecule has 0 aliphatic carbocycles. The summed E-state index contributed by atoms with van der Waals surface area (Å²) in [6.45, 7) is 2.15. The van der Waals surface area contributed by atoms with E-state index < -0.39 is 0 Å². The average Bonchev–Trinajstić information content (AvgIpc) is 3.22. The summed E-state index contributed by atoms with van der Waals surface area (Å²) in [7, 11) is 0. The Labute approximate surface area is 139 Å². The maximum absolute atomic E-state index is 3.32. The van der Waals surface area contributed by atoms with Gasteiger partial charge in [-0.1, -0.05) is 42.2 Å². The number of nitrogens with zero attached hydrogens (tertiary/aromatic N) is 1. The first-order chi connectivity index (χ1) is 11.3. The van der Waals surface area contributed by atoms with Crippen molar-refractivity contribution in [2.45, 2.75) is 6.92 Å². The van der Waals surface area contributed by atoms with Gasteiger partial charge < -0.3 is 4.57 Å². The Bertz CT molecular complexity index is 1030. The van der Waals surface area contributed by atoms with E-state index >= 15 is 0 Å². The zero-order chi connectivity index (χ0) is 15.6. The molecule has 2 heterocycles. The summed E-state index contributed by atoms with van der Waals surface area (Å²) in [5.41, 5.74) is 5.73. The average molecular weight is 313 g/mol. The molecule has 1 nitrogen and oxygen atoms in total. The Morgan fingerprint density at radius 1 is 0.913 bits per heavy atom. The van der Waals surface area contributed by atoms with Crippen LogP contribution in [-0.4, -0.2) is 4.57 Å². The van der Waals surface area contributed by atoms with Crippen molar-refractivity contribution < 1.29 is 0 Å². The highest BCUT2D eigenvalue weighted by molar-refractivity contribution is 7.08. The van der Waals surface area contributed by atoms with E-state index in [0.717, 1.165) is 16.8 Å². The fourth-order valence-electron chi connectivity index (χ4n) is 2.81. The summed E-state index contributed by atoms with van der Waals surface area (Å²) < 4.78 is 2.24. The molecule has 0 radical (unpaired) electrons. The van der Waals surface area contributed by atoms with Crippen molar-refractivity contribution in [3.05, 3.63) is 88.2 Å². The van der Waals surface area contributed by atoms with Crippen molar-refractivity contribution in [1.82, 2.24) is 4.57 Å². The number of thiophene rings is 1. The van der Waals surface area contributed by atoms with E-state index in [0.29, 0.717) is 0 Å². The van der Waals surface area contributed by atoms with Crippen molar-refractivity contribution in [3.63, 3.8) is 0 Å². The summed E-state index contributed by atoms with van der Waals surface area (Å²) in [6, 6.07) is 18.9. The van der Waals surface area contributed by atoms with E-state index in [4.69, 9.17) is 0 Å².